The summed E-state index contributed by atoms with van der Waals surface area (Å²) in [5.41, 5.74) is 0.472. The summed E-state index contributed by atoms with van der Waals surface area (Å²) in [4.78, 5) is 27.7. The molecule has 1 aromatic rings. The maximum Gasteiger partial charge on any atom is 0.252 e. The van der Waals surface area contributed by atoms with Crippen LogP contribution in [0.2, 0.25) is 0 Å². The molecule has 1 aromatic heterocycles. The Kier molecular flexibility index (Phi) is 4.04. The number of hydrogen-bond donors (Lipinski definition) is 2. The van der Waals surface area contributed by atoms with E-state index >= 15 is 0 Å². The monoisotopic (exact) mass is 263 g/mol. The Bertz CT molecular complexity index is 481. The lowest BCUT2D eigenvalue weighted by Gasteiger charge is -2.37. The maximum atomic E-state index is 12.0. The van der Waals surface area contributed by atoms with Crippen molar-refractivity contribution in [3.63, 3.8) is 0 Å². The van der Waals surface area contributed by atoms with Gasteiger partial charge >= 0.3 is 0 Å². The molecule has 0 atom stereocenters. The average Bonchev–Trinajstić information content (AvgIpc) is 2.41. The molecule has 19 heavy (non-hydrogen) atoms. The Balaban J connectivity index is 1.89. The normalized spacial score (nSPS) is 19.1. The van der Waals surface area contributed by atoms with Gasteiger partial charge in [0.15, 0.2) is 0 Å². The van der Waals surface area contributed by atoms with Gasteiger partial charge < -0.3 is 15.2 Å². The van der Waals surface area contributed by atoms with Gasteiger partial charge in [-0.3, -0.25) is 9.59 Å². The van der Waals surface area contributed by atoms with Crippen LogP contribution in [0.25, 0.3) is 0 Å². The van der Waals surface area contributed by atoms with Crippen molar-refractivity contribution in [3.05, 3.63) is 34.2 Å². The number of nitrogens with one attached hydrogen (secondary N) is 2. The topological polar surface area (TPSA) is 65.2 Å². The van der Waals surface area contributed by atoms with Crippen LogP contribution >= 0.6 is 0 Å². The standard InChI is InChI=1S/C14H21N3O2/c1-14(5-7-17(2)8-6-14)10-16-13(19)11-3-4-12(18)15-9-11/h3-4,9H,5-8,10H2,1-2H3,(H,15,18)(H,16,19). The zero-order valence-corrected chi connectivity index (χ0v) is 11.5. The van der Waals surface area contributed by atoms with Crippen LogP contribution in [0.3, 0.4) is 0 Å². The number of hydrogen-bond acceptors (Lipinski definition) is 3. The number of aromatic nitrogens is 1. The quantitative estimate of drug-likeness (QED) is 0.849. The molecule has 2 rings (SSSR count). The van der Waals surface area contributed by atoms with Gasteiger partial charge in [0.05, 0.1) is 5.56 Å². The highest BCUT2D eigenvalue weighted by Crippen LogP contribution is 2.29. The van der Waals surface area contributed by atoms with Gasteiger partial charge in [0.25, 0.3) is 5.91 Å². The third-order valence-electron chi connectivity index (χ3n) is 3.92. The van der Waals surface area contributed by atoms with E-state index in [-0.39, 0.29) is 16.9 Å². The number of likely N-dealkylation sites (tertiary alicyclic amines) is 1. The Morgan fingerprint density at radius 2 is 2.11 bits per heavy atom. The molecular formula is C14H21N3O2. The molecule has 1 fully saturated rings. The van der Waals surface area contributed by atoms with E-state index in [1.54, 1.807) is 6.07 Å². The predicted octanol–water partition coefficient (Wildman–Crippen LogP) is 0.837. The summed E-state index contributed by atoms with van der Waals surface area (Å²) in [5, 5.41) is 2.96. The van der Waals surface area contributed by atoms with Gasteiger partial charge in [-0.15, -0.1) is 0 Å². The van der Waals surface area contributed by atoms with E-state index in [1.165, 1.54) is 12.3 Å². The highest BCUT2D eigenvalue weighted by molar-refractivity contribution is 5.93. The molecule has 5 nitrogen and oxygen atoms in total. The molecule has 104 valence electrons. The van der Waals surface area contributed by atoms with Crippen molar-refractivity contribution in [3.8, 4) is 0 Å². The Morgan fingerprint density at radius 1 is 1.42 bits per heavy atom. The van der Waals surface area contributed by atoms with Crippen molar-refractivity contribution in [2.45, 2.75) is 19.8 Å². The van der Waals surface area contributed by atoms with Crippen LogP contribution < -0.4 is 10.9 Å². The lowest BCUT2D eigenvalue weighted by atomic mass is 9.80. The molecular weight excluding hydrogens is 242 g/mol. The SMILES string of the molecule is CN1CCC(C)(CNC(=O)c2ccc(=O)[nH]c2)CC1. The minimum Gasteiger partial charge on any atom is -0.351 e. The van der Waals surface area contributed by atoms with Crippen molar-refractivity contribution in [2.75, 3.05) is 26.7 Å². The molecule has 1 amide bonds. The van der Waals surface area contributed by atoms with E-state index in [9.17, 15) is 9.59 Å². The van der Waals surface area contributed by atoms with Crippen molar-refractivity contribution in [1.29, 1.82) is 0 Å². The summed E-state index contributed by atoms with van der Waals surface area (Å²) in [6, 6.07) is 2.91. The zero-order valence-electron chi connectivity index (χ0n) is 11.5. The molecule has 0 radical (unpaired) electrons. The summed E-state index contributed by atoms with van der Waals surface area (Å²) in [6.45, 7) is 5.04. The molecule has 1 aliphatic heterocycles. The van der Waals surface area contributed by atoms with Gasteiger partial charge in [-0.25, -0.2) is 0 Å². The summed E-state index contributed by atoms with van der Waals surface area (Å²) in [6.07, 6.45) is 3.64. The third-order valence-corrected chi connectivity index (χ3v) is 3.92. The van der Waals surface area contributed by atoms with E-state index in [2.05, 4.69) is 29.2 Å². The number of pyridine rings is 1. The molecule has 1 aliphatic rings. The lowest BCUT2D eigenvalue weighted by Crippen LogP contribution is -2.43. The first-order valence-electron chi connectivity index (χ1n) is 6.64. The Morgan fingerprint density at radius 3 is 2.68 bits per heavy atom. The molecule has 0 aromatic carbocycles. The van der Waals surface area contributed by atoms with Crippen LogP contribution in [-0.4, -0.2) is 42.5 Å². The Hall–Kier alpha value is -1.62. The van der Waals surface area contributed by atoms with Crippen LogP contribution in [0.5, 0.6) is 0 Å². The number of piperidine rings is 1. The molecule has 2 heterocycles. The zero-order chi connectivity index (χ0) is 13.9. The molecule has 0 bridgehead atoms. The fraction of sp³-hybridized carbons (Fsp3) is 0.571. The van der Waals surface area contributed by atoms with E-state index in [1.807, 2.05) is 0 Å². The Labute approximate surface area is 113 Å². The van der Waals surface area contributed by atoms with Gasteiger partial charge in [-0.1, -0.05) is 6.92 Å². The molecule has 0 aliphatic carbocycles. The highest BCUT2D eigenvalue weighted by atomic mass is 16.1. The number of nitrogens with zero attached hydrogens (tertiary/aromatic N) is 1. The number of amides is 1. The van der Waals surface area contributed by atoms with Crippen molar-refractivity contribution < 1.29 is 4.79 Å². The molecule has 0 saturated carbocycles. The summed E-state index contributed by atoms with van der Waals surface area (Å²) < 4.78 is 0. The van der Waals surface area contributed by atoms with Gasteiger partial charge in [-0.2, -0.15) is 0 Å². The third kappa shape index (κ3) is 3.67. The van der Waals surface area contributed by atoms with Crippen LogP contribution in [0.1, 0.15) is 30.1 Å². The summed E-state index contributed by atoms with van der Waals surface area (Å²) in [5.74, 6) is -0.128. The number of carbonyl (C=O) groups excluding carboxylic acids is 1. The van der Waals surface area contributed by atoms with Crippen LogP contribution in [0.4, 0.5) is 0 Å². The molecule has 1 saturated heterocycles. The number of rotatable bonds is 3. The maximum absolute atomic E-state index is 12.0. The van der Waals surface area contributed by atoms with Crippen molar-refractivity contribution >= 4 is 5.91 Å². The van der Waals surface area contributed by atoms with E-state index in [0.717, 1.165) is 25.9 Å². The second kappa shape index (κ2) is 5.57. The highest BCUT2D eigenvalue weighted by Gasteiger charge is 2.29. The first-order valence-corrected chi connectivity index (χ1v) is 6.64. The van der Waals surface area contributed by atoms with E-state index in [4.69, 9.17) is 0 Å². The minimum atomic E-state index is -0.196. The smallest absolute Gasteiger partial charge is 0.252 e. The number of aromatic amines is 1. The number of carbonyl (C=O) groups is 1. The fourth-order valence-electron chi connectivity index (χ4n) is 2.28. The van der Waals surface area contributed by atoms with Gasteiger partial charge in [0, 0.05) is 18.8 Å². The average molecular weight is 263 g/mol. The lowest BCUT2D eigenvalue weighted by molar-refractivity contribution is 0.0891. The fourth-order valence-corrected chi connectivity index (χ4v) is 2.28. The number of H-pyrrole nitrogens is 1. The molecule has 2 N–H and O–H groups in total. The van der Waals surface area contributed by atoms with Gasteiger partial charge in [0.2, 0.25) is 5.56 Å². The first-order chi connectivity index (χ1) is 8.98. The van der Waals surface area contributed by atoms with Gasteiger partial charge in [0.1, 0.15) is 0 Å². The minimum absolute atomic E-state index is 0.128. The van der Waals surface area contributed by atoms with Crippen molar-refractivity contribution in [2.24, 2.45) is 5.41 Å². The molecule has 0 spiro atoms. The summed E-state index contributed by atoms with van der Waals surface area (Å²) in [7, 11) is 2.12. The molecule has 0 unspecified atom stereocenters. The summed E-state index contributed by atoms with van der Waals surface area (Å²) >= 11 is 0. The van der Waals surface area contributed by atoms with Crippen LogP contribution in [-0.2, 0) is 0 Å². The second-order valence-corrected chi connectivity index (χ2v) is 5.74. The largest absolute Gasteiger partial charge is 0.351 e. The van der Waals surface area contributed by atoms with Crippen LogP contribution in [0.15, 0.2) is 23.1 Å². The van der Waals surface area contributed by atoms with E-state index < -0.39 is 0 Å². The van der Waals surface area contributed by atoms with Crippen molar-refractivity contribution in [1.82, 2.24) is 15.2 Å². The predicted molar refractivity (Wildman–Crippen MR) is 74.2 cm³/mol. The second-order valence-electron chi connectivity index (χ2n) is 5.74. The molecule has 5 heteroatoms. The van der Waals surface area contributed by atoms with Gasteiger partial charge in [-0.05, 0) is 44.5 Å². The first kappa shape index (κ1) is 13.8. The van der Waals surface area contributed by atoms with E-state index in [0.29, 0.717) is 12.1 Å². The van der Waals surface area contributed by atoms with Crippen LogP contribution in [0, 0.1) is 5.41 Å².